The van der Waals surface area contributed by atoms with Crippen LogP contribution in [0.3, 0.4) is 0 Å². The molecule has 0 aliphatic carbocycles. The van der Waals surface area contributed by atoms with Crippen LogP contribution in [-0.2, 0) is 14.5 Å². The molecule has 0 aromatic rings. The molecule has 0 aliphatic heterocycles. The largest absolute Gasteiger partial charge is 0.478 e. The van der Waals surface area contributed by atoms with Crippen molar-refractivity contribution in [1.82, 2.24) is 0 Å². The minimum Gasteiger partial charge on any atom is -0.478 e. The Morgan fingerprint density at radius 2 is 1.80 bits per heavy atom. The summed E-state index contributed by atoms with van der Waals surface area (Å²) in [6.07, 6.45) is 0.225. The normalized spacial score (nSPS) is 10.7. The van der Waals surface area contributed by atoms with Gasteiger partial charge in [-0.2, -0.15) is 0 Å². The first-order valence-corrected chi connectivity index (χ1v) is 2.07. The van der Waals surface area contributed by atoms with Crippen molar-refractivity contribution >= 4 is 11.9 Å². The summed E-state index contributed by atoms with van der Waals surface area (Å²) in [5.74, 6) is -4.19. The van der Waals surface area contributed by atoms with Crippen LogP contribution in [0.15, 0.2) is 11.8 Å². The molecule has 0 rings (SSSR count). The molecule has 0 heterocycles. The van der Waals surface area contributed by atoms with Gasteiger partial charge in [0.05, 0.1) is 6.08 Å². The van der Waals surface area contributed by atoms with Gasteiger partial charge in [0.25, 0.3) is 5.76 Å². The van der Waals surface area contributed by atoms with E-state index in [4.69, 9.17) is 15.5 Å². The number of aliphatic carboxylic acids is 2. The molecular formula is C4H4O6. The molecule has 0 saturated heterocycles. The first-order valence-electron chi connectivity index (χ1n) is 2.07. The minimum absolute atomic E-state index is 0.225. The monoisotopic (exact) mass is 148 g/mol. The first kappa shape index (κ1) is 8.44. The quantitative estimate of drug-likeness (QED) is 0.216. The molecule has 0 unspecified atom stereocenters. The van der Waals surface area contributed by atoms with Crippen molar-refractivity contribution in [2.45, 2.75) is 0 Å². The predicted molar refractivity (Wildman–Crippen MR) is 27.1 cm³/mol. The van der Waals surface area contributed by atoms with Gasteiger partial charge in [0.15, 0.2) is 0 Å². The number of rotatable bonds is 3. The summed E-state index contributed by atoms with van der Waals surface area (Å²) >= 11 is 0. The second-order valence-corrected chi connectivity index (χ2v) is 1.24. The van der Waals surface area contributed by atoms with Gasteiger partial charge in [-0.05, 0) is 0 Å². The Hall–Kier alpha value is -1.56. The van der Waals surface area contributed by atoms with E-state index in [-0.39, 0.29) is 6.08 Å². The van der Waals surface area contributed by atoms with Gasteiger partial charge >= 0.3 is 11.9 Å². The maximum atomic E-state index is 9.85. The van der Waals surface area contributed by atoms with Crippen molar-refractivity contribution in [1.29, 1.82) is 0 Å². The lowest BCUT2D eigenvalue weighted by Crippen LogP contribution is -2.05. The maximum Gasteiger partial charge on any atom is 0.375 e. The Kier molecular flexibility index (Phi) is 2.92. The van der Waals surface area contributed by atoms with Crippen LogP contribution in [-0.4, -0.2) is 27.4 Å². The van der Waals surface area contributed by atoms with E-state index in [1.807, 2.05) is 0 Å². The molecule has 0 fully saturated rings. The Morgan fingerprint density at radius 1 is 1.30 bits per heavy atom. The van der Waals surface area contributed by atoms with Gasteiger partial charge in [0.1, 0.15) is 0 Å². The van der Waals surface area contributed by atoms with Crippen molar-refractivity contribution in [2.24, 2.45) is 0 Å². The van der Waals surface area contributed by atoms with E-state index in [0.717, 1.165) is 0 Å². The van der Waals surface area contributed by atoms with Gasteiger partial charge in [0, 0.05) is 0 Å². The third kappa shape index (κ3) is 2.68. The zero-order valence-corrected chi connectivity index (χ0v) is 4.64. The van der Waals surface area contributed by atoms with E-state index in [0.29, 0.717) is 0 Å². The zero-order valence-electron chi connectivity index (χ0n) is 4.64. The van der Waals surface area contributed by atoms with Crippen molar-refractivity contribution in [2.75, 3.05) is 0 Å². The van der Waals surface area contributed by atoms with Crippen molar-refractivity contribution in [3.8, 4) is 0 Å². The van der Waals surface area contributed by atoms with Gasteiger partial charge in [-0.25, -0.2) is 14.8 Å². The van der Waals surface area contributed by atoms with E-state index < -0.39 is 17.7 Å². The summed E-state index contributed by atoms with van der Waals surface area (Å²) in [6.45, 7) is 0. The zero-order chi connectivity index (χ0) is 8.15. The number of carbonyl (C=O) groups is 2. The van der Waals surface area contributed by atoms with Crippen LogP contribution in [0.4, 0.5) is 0 Å². The molecule has 0 amide bonds. The van der Waals surface area contributed by atoms with Crippen LogP contribution in [0, 0.1) is 0 Å². The summed E-state index contributed by atoms with van der Waals surface area (Å²) in [6, 6.07) is 0. The molecule has 0 aromatic carbocycles. The highest BCUT2D eigenvalue weighted by Gasteiger charge is 2.10. The van der Waals surface area contributed by atoms with E-state index in [2.05, 4.69) is 4.89 Å². The molecule has 0 spiro atoms. The van der Waals surface area contributed by atoms with Crippen molar-refractivity contribution in [3.63, 3.8) is 0 Å². The SMILES string of the molecule is O=C(O)/C=C(\OO)C(=O)O. The minimum atomic E-state index is -1.65. The first-order chi connectivity index (χ1) is 4.57. The number of hydrogen-bond acceptors (Lipinski definition) is 4. The van der Waals surface area contributed by atoms with Crippen LogP contribution in [0.25, 0.3) is 0 Å². The Labute approximate surface area is 54.9 Å². The molecule has 3 N–H and O–H groups in total. The van der Waals surface area contributed by atoms with Crippen molar-refractivity contribution in [3.05, 3.63) is 11.8 Å². The van der Waals surface area contributed by atoms with Crippen LogP contribution in [0.5, 0.6) is 0 Å². The maximum absolute atomic E-state index is 9.85. The number of hydrogen-bond donors (Lipinski definition) is 3. The highest BCUT2D eigenvalue weighted by atomic mass is 17.1. The number of carboxylic acid groups (broad SMARTS) is 2. The molecule has 6 heteroatoms. The van der Waals surface area contributed by atoms with Gasteiger partial charge in [-0.1, -0.05) is 0 Å². The van der Waals surface area contributed by atoms with Gasteiger partial charge in [-0.3, -0.25) is 0 Å². The molecule has 10 heavy (non-hydrogen) atoms. The molecule has 0 radical (unpaired) electrons. The van der Waals surface area contributed by atoms with Crippen LogP contribution in [0.2, 0.25) is 0 Å². The molecular weight excluding hydrogens is 144 g/mol. The highest BCUT2D eigenvalue weighted by Crippen LogP contribution is 1.93. The van der Waals surface area contributed by atoms with E-state index in [9.17, 15) is 9.59 Å². The summed E-state index contributed by atoms with van der Waals surface area (Å²) < 4.78 is 0. The van der Waals surface area contributed by atoms with Crippen LogP contribution >= 0.6 is 0 Å². The second-order valence-electron chi connectivity index (χ2n) is 1.24. The van der Waals surface area contributed by atoms with Crippen LogP contribution in [0.1, 0.15) is 0 Å². The fraction of sp³-hybridized carbons (Fsp3) is 0. The lowest BCUT2D eigenvalue weighted by molar-refractivity contribution is -0.210. The van der Waals surface area contributed by atoms with E-state index in [1.54, 1.807) is 0 Å². The van der Waals surface area contributed by atoms with Gasteiger partial charge in [-0.15, -0.1) is 0 Å². The molecule has 0 saturated carbocycles. The third-order valence-electron chi connectivity index (χ3n) is 0.564. The smallest absolute Gasteiger partial charge is 0.375 e. The lowest BCUT2D eigenvalue weighted by Gasteiger charge is -1.92. The van der Waals surface area contributed by atoms with Gasteiger partial charge < -0.3 is 15.1 Å². The lowest BCUT2D eigenvalue weighted by atomic mass is 10.4. The Balaban J connectivity index is 4.34. The third-order valence-corrected chi connectivity index (χ3v) is 0.564. The molecule has 6 nitrogen and oxygen atoms in total. The average Bonchev–Trinajstić information content (AvgIpc) is 1.81. The van der Waals surface area contributed by atoms with E-state index >= 15 is 0 Å². The Morgan fingerprint density at radius 3 is 1.90 bits per heavy atom. The topological polar surface area (TPSA) is 104 Å². The van der Waals surface area contributed by atoms with Crippen LogP contribution < -0.4 is 0 Å². The number of carboxylic acids is 2. The van der Waals surface area contributed by atoms with Gasteiger partial charge in [0.2, 0.25) is 0 Å². The fourth-order valence-corrected chi connectivity index (χ4v) is 0.239. The molecule has 0 bridgehead atoms. The Bertz CT molecular complexity index is 180. The predicted octanol–water partition coefficient (Wildman–Crippen LogP) is -0.471. The molecule has 0 aliphatic rings. The van der Waals surface area contributed by atoms with Crippen molar-refractivity contribution < 1.29 is 29.9 Å². The molecule has 56 valence electrons. The summed E-state index contributed by atoms with van der Waals surface area (Å²) in [7, 11) is 0. The standard InChI is InChI=1S/C4H4O6/c5-3(6)1-2(10-9)4(7)8/h1,9H,(H,5,6)(H,7,8)/b2-1-. The summed E-state index contributed by atoms with van der Waals surface area (Å²) in [5, 5.41) is 23.7. The highest BCUT2D eigenvalue weighted by molar-refractivity contribution is 5.92. The second kappa shape index (κ2) is 3.46. The summed E-state index contributed by atoms with van der Waals surface area (Å²) in [4.78, 5) is 22.8. The molecule has 0 atom stereocenters. The summed E-state index contributed by atoms with van der Waals surface area (Å²) in [5.41, 5.74) is 0. The fourth-order valence-electron chi connectivity index (χ4n) is 0.239. The average molecular weight is 148 g/mol. The van der Waals surface area contributed by atoms with E-state index in [1.165, 1.54) is 0 Å². The molecule has 0 aromatic heterocycles.